The number of hydrazine groups is 1. The zero-order valence-electron chi connectivity index (χ0n) is 14.6. The van der Waals surface area contributed by atoms with Gasteiger partial charge in [-0.1, -0.05) is 42.5 Å². The van der Waals surface area contributed by atoms with Gasteiger partial charge in [-0.25, -0.2) is 15.2 Å². The molecule has 2 aliphatic heterocycles. The predicted molar refractivity (Wildman–Crippen MR) is 97.7 cm³/mol. The molecule has 0 spiro atoms. The van der Waals surface area contributed by atoms with E-state index < -0.39 is 5.82 Å². The van der Waals surface area contributed by atoms with Gasteiger partial charge >= 0.3 is 0 Å². The summed E-state index contributed by atoms with van der Waals surface area (Å²) in [5, 5.41) is 0. The Morgan fingerprint density at radius 2 is 1.62 bits per heavy atom. The van der Waals surface area contributed by atoms with Gasteiger partial charge in [0.05, 0.1) is 11.7 Å². The molecule has 2 atom stereocenters. The molecule has 5 nitrogen and oxygen atoms in total. The SMILES string of the molecule is O=C(c1ccccc1F)N1CCN(C2CC(c3ccccc3)NN2)CC1. The maximum atomic E-state index is 13.8. The summed E-state index contributed by atoms with van der Waals surface area (Å²) in [6.07, 6.45) is 1.22. The molecule has 2 saturated heterocycles. The van der Waals surface area contributed by atoms with Gasteiger partial charge in [0.1, 0.15) is 5.82 Å². The van der Waals surface area contributed by atoms with Gasteiger partial charge in [-0.15, -0.1) is 0 Å². The zero-order valence-corrected chi connectivity index (χ0v) is 14.6. The normalized spacial score (nSPS) is 24.0. The Morgan fingerprint density at radius 1 is 0.923 bits per heavy atom. The van der Waals surface area contributed by atoms with E-state index in [0.717, 1.165) is 19.5 Å². The Morgan fingerprint density at radius 3 is 2.35 bits per heavy atom. The molecule has 2 aromatic rings. The van der Waals surface area contributed by atoms with Crippen LogP contribution < -0.4 is 10.9 Å². The van der Waals surface area contributed by atoms with Crippen LogP contribution in [0.1, 0.15) is 28.4 Å². The lowest BCUT2D eigenvalue weighted by atomic mass is 10.0. The van der Waals surface area contributed by atoms with Crippen molar-refractivity contribution in [1.29, 1.82) is 0 Å². The summed E-state index contributed by atoms with van der Waals surface area (Å²) in [5.41, 5.74) is 8.17. The van der Waals surface area contributed by atoms with Crippen LogP contribution in [0.15, 0.2) is 54.6 Å². The molecule has 26 heavy (non-hydrogen) atoms. The van der Waals surface area contributed by atoms with E-state index in [1.54, 1.807) is 23.1 Å². The number of benzene rings is 2. The fourth-order valence-electron chi connectivity index (χ4n) is 3.72. The summed E-state index contributed by atoms with van der Waals surface area (Å²) in [6.45, 7) is 2.78. The van der Waals surface area contributed by atoms with Crippen molar-refractivity contribution >= 4 is 5.91 Å². The molecule has 0 aromatic heterocycles. The second-order valence-electron chi connectivity index (χ2n) is 6.81. The van der Waals surface area contributed by atoms with Gasteiger partial charge in [-0.05, 0) is 24.1 Å². The van der Waals surface area contributed by atoms with Crippen LogP contribution in [0.4, 0.5) is 4.39 Å². The molecule has 136 valence electrons. The minimum Gasteiger partial charge on any atom is -0.336 e. The average Bonchev–Trinajstić information content (AvgIpc) is 3.19. The first-order valence-corrected chi connectivity index (χ1v) is 9.06. The molecule has 6 heteroatoms. The van der Waals surface area contributed by atoms with Crippen LogP contribution in [0, 0.1) is 5.82 Å². The van der Waals surface area contributed by atoms with E-state index in [4.69, 9.17) is 0 Å². The third-order valence-electron chi connectivity index (χ3n) is 5.23. The van der Waals surface area contributed by atoms with Crippen molar-refractivity contribution in [3.8, 4) is 0 Å². The molecule has 2 fully saturated rings. The third kappa shape index (κ3) is 3.49. The number of hydrogen-bond acceptors (Lipinski definition) is 4. The van der Waals surface area contributed by atoms with Crippen molar-refractivity contribution in [3.05, 3.63) is 71.5 Å². The van der Waals surface area contributed by atoms with Crippen LogP contribution in [-0.2, 0) is 0 Å². The quantitative estimate of drug-likeness (QED) is 0.887. The number of nitrogens with one attached hydrogen (secondary N) is 2. The number of halogens is 1. The Bertz CT molecular complexity index is 761. The van der Waals surface area contributed by atoms with Gasteiger partial charge < -0.3 is 4.90 Å². The second-order valence-corrected chi connectivity index (χ2v) is 6.81. The highest BCUT2D eigenvalue weighted by Gasteiger charge is 2.32. The van der Waals surface area contributed by atoms with Gasteiger partial charge in [0, 0.05) is 32.2 Å². The van der Waals surface area contributed by atoms with E-state index in [1.165, 1.54) is 11.6 Å². The van der Waals surface area contributed by atoms with Crippen molar-refractivity contribution in [3.63, 3.8) is 0 Å². The first-order valence-electron chi connectivity index (χ1n) is 9.06. The lowest BCUT2D eigenvalue weighted by molar-refractivity contribution is 0.0541. The number of hydrogen-bond donors (Lipinski definition) is 2. The van der Waals surface area contributed by atoms with Crippen molar-refractivity contribution in [2.75, 3.05) is 26.2 Å². The summed E-state index contributed by atoms with van der Waals surface area (Å²) in [6, 6.07) is 16.9. The lowest BCUT2D eigenvalue weighted by Gasteiger charge is -2.37. The average molecular weight is 354 g/mol. The highest BCUT2D eigenvalue weighted by Crippen LogP contribution is 2.24. The molecule has 2 aliphatic rings. The summed E-state index contributed by atoms with van der Waals surface area (Å²) >= 11 is 0. The smallest absolute Gasteiger partial charge is 0.256 e. The van der Waals surface area contributed by atoms with Crippen LogP contribution in [0.25, 0.3) is 0 Å². The number of piperazine rings is 1. The Kier molecular flexibility index (Phi) is 4.97. The monoisotopic (exact) mass is 354 g/mol. The number of carbonyl (C=O) groups is 1. The minimum atomic E-state index is -0.452. The summed E-state index contributed by atoms with van der Waals surface area (Å²) in [7, 11) is 0. The van der Waals surface area contributed by atoms with Crippen LogP contribution in [-0.4, -0.2) is 48.1 Å². The minimum absolute atomic E-state index is 0.158. The van der Waals surface area contributed by atoms with Gasteiger partial charge in [0.15, 0.2) is 0 Å². The predicted octanol–water partition coefficient (Wildman–Crippen LogP) is 2.15. The van der Waals surface area contributed by atoms with E-state index in [1.807, 2.05) is 6.07 Å². The highest BCUT2D eigenvalue weighted by molar-refractivity contribution is 5.94. The van der Waals surface area contributed by atoms with Gasteiger partial charge in [-0.3, -0.25) is 9.69 Å². The van der Waals surface area contributed by atoms with Gasteiger partial charge in [0.25, 0.3) is 5.91 Å². The highest BCUT2D eigenvalue weighted by atomic mass is 19.1. The fraction of sp³-hybridized carbons (Fsp3) is 0.350. The van der Waals surface area contributed by atoms with E-state index >= 15 is 0 Å². The van der Waals surface area contributed by atoms with Crippen molar-refractivity contribution < 1.29 is 9.18 Å². The second kappa shape index (κ2) is 7.53. The van der Waals surface area contributed by atoms with Crippen molar-refractivity contribution in [2.24, 2.45) is 0 Å². The first-order chi connectivity index (χ1) is 12.7. The van der Waals surface area contributed by atoms with E-state index in [2.05, 4.69) is 40.0 Å². The molecular formula is C20H23FN4O. The van der Waals surface area contributed by atoms with Crippen LogP contribution >= 0.6 is 0 Å². The molecule has 2 unspecified atom stereocenters. The number of rotatable bonds is 3. The molecule has 2 heterocycles. The summed E-state index contributed by atoms with van der Waals surface area (Å²) < 4.78 is 13.8. The Hall–Kier alpha value is -2.28. The molecule has 4 rings (SSSR count). The molecule has 2 aromatic carbocycles. The van der Waals surface area contributed by atoms with Crippen molar-refractivity contribution in [2.45, 2.75) is 18.6 Å². The molecular weight excluding hydrogens is 331 g/mol. The van der Waals surface area contributed by atoms with Crippen LogP contribution in [0.2, 0.25) is 0 Å². The molecule has 0 radical (unpaired) electrons. The van der Waals surface area contributed by atoms with Crippen LogP contribution in [0.3, 0.4) is 0 Å². The Balaban J connectivity index is 1.33. The van der Waals surface area contributed by atoms with E-state index in [-0.39, 0.29) is 17.6 Å². The van der Waals surface area contributed by atoms with Crippen molar-refractivity contribution in [1.82, 2.24) is 20.7 Å². The third-order valence-corrected chi connectivity index (χ3v) is 5.23. The van der Waals surface area contributed by atoms with E-state index in [0.29, 0.717) is 19.1 Å². The zero-order chi connectivity index (χ0) is 17.9. The maximum absolute atomic E-state index is 13.8. The lowest BCUT2D eigenvalue weighted by Crippen LogP contribution is -2.55. The Labute approximate surface area is 152 Å². The maximum Gasteiger partial charge on any atom is 0.256 e. The van der Waals surface area contributed by atoms with Gasteiger partial charge in [-0.2, -0.15) is 0 Å². The molecule has 1 amide bonds. The van der Waals surface area contributed by atoms with Crippen LogP contribution in [0.5, 0.6) is 0 Å². The summed E-state index contributed by atoms with van der Waals surface area (Å²) in [4.78, 5) is 16.6. The molecule has 0 bridgehead atoms. The topological polar surface area (TPSA) is 47.6 Å². The summed E-state index contributed by atoms with van der Waals surface area (Å²) in [5.74, 6) is -0.672. The fourth-order valence-corrected chi connectivity index (χ4v) is 3.72. The number of carbonyl (C=O) groups excluding carboxylic acids is 1. The molecule has 0 saturated carbocycles. The first kappa shape index (κ1) is 17.1. The number of nitrogens with zero attached hydrogens (tertiary/aromatic N) is 2. The van der Waals surface area contributed by atoms with Gasteiger partial charge in [0.2, 0.25) is 0 Å². The van der Waals surface area contributed by atoms with E-state index in [9.17, 15) is 9.18 Å². The standard InChI is InChI=1S/C20H23FN4O/c21-17-9-5-4-8-16(17)20(26)25-12-10-24(11-13-25)19-14-18(22-23-19)15-6-2-1-3-7-15/h1-9,18-19,22-23H,10-14H2. The molecule has 0 aliphatic carbocycles. The molecule has 2 N–H and O–H groups in total. The largest absolute Gasteiger partial charge is 0.336 e. The number of amides is 1.